The van der Waals surface area contributed by atoms with Gasteiger partial charge in [0.15, 0.2) is 0 Å². The lowest BCUT2D eigenvalue weighted by molar-refractivity contribution is 1.14. The molecule has 0 aliphatic rings. The number of fused-ring (bicyclic) bond motifs is 7. The summed E-state index contributed by atoms with van der Waals surface area (Å²) < 4.78 is 4.58. The highest BCUT2D eigenvalue weighted by molar-refractivity contribution is 6.22. The highest BCUT2D eigenvalue weighted by atomic mass is 15.1. The van der Waals surface area contributed by atoms with Crippen LogP contribution in [0.1, 0.15) is 5.56 Å². The van der Waals surface area contributed by atoms with E-state index in [0.717, 1.165) is 49.7 Å². The Hall–Kier alpha value is -4.88. The van der Waals surface area contributed by atoms with Gasteiger partial charge < -0.3 is 9.13 Å². The normalized spacial score (nSPS) is 11.5. The third kappa shape index (κ3) is 2.49. The Bertz CT molecular complexity index is 1920. The standard InChI is InChI=1S/C30H18N4/c31-18-20-9-8-12-22(17-20)34-27-16-7-5-14-24(27)28-30(34)29-25(19-32-28)23-13-4-6-15-26(23)33(29)21-10-2-1-3-11-21/h1-17,19H. The molecule has 4 aromatic carbocycles. The molecule has 0 aliphatic heterocycles. The zero-order valence-corrected chi connectivity index (χ0v) is 18.2. The van der Waals surface area contributed by atoms with Crippen molar-refractivity contribution in [3.63, 3.8) is 0 Å². The van der Waals surface area contributed by atoms with Gasteiger partial charge >= 0.3 is 0 Å². The van der Waals surface area contributed by atoms with Crippen molar-refractivity contribution in [2.75, 3.05) is 0 Å². The lowest BCUT2D eigenvalue weighted by Gasteiger charge is -2.12. The number of hydrogen-bond donors (Lipinski definition) is 0. The first-order chi connectivity index (χ1) is 16.8. The first kappa shape index (κ1) is 18.7. The van der Waals surface area contributed by atoms with Crippen LogP contribution in [0, 0.1) is 11.3 Å². The molecular formula is C30H18N4. The Morgan fingerprint density at radius 1 is 0.588 bits per heavy atom. The molecule has 3 aromatic heterocycles. The molecule has 0 saturated heterocycles. The number of benzene rings is 4. The molecule has 0 spiro atoms. The summed E-state index contributed by atoms with van der Waals surface area (Å²) >= 11 is 0. The first-order valence-electron chi connectivity index (χ1n) is 11.2. The largest absolute Gasteiger partial charge is 0.307 e. The second kappa shape index (κ2) is 7.06. The van der Waals surface area contributed by atoms with Crippen LogP contribution in [0.3, 0.4) is 0 Å². The van der Waals surface area contributed by atoms with Crippen LogP contribution in [0.25, 0.3) is 55.1 Å². The van der Waals surface area contributed by atoms with Gasteiger partial charge in [-0.1, -0.05) is 60.7 Å². The van der Waals surface area contributed by atoms with Crippen molar-refractivity contribution in [2.45, 2.75) is 0 Å². The van der Waals surface area contributed by atoms with Crippen molar-refractivity contribution in [3.05, 3.63) is 115 Å². The van der Waals surface area contributed by atoms with Crippen molar-refractivity contribution in [3.8, 4) is 17.4 Å². The fourth-order valence-electron chi connectivity index (χ4n) is 5.16. The maximum atomic E-state index is 9.57. The van der Waals surface area contributed by atoms with E-state index >= 15 is 0 Å². The third-order valence-corrected chi connectivity index (χ3v) is 6.56. The Morgan fingerprint density at radius 2 is 1.24 bits per heavy atom. The van der Waals surface area contributed by atoms with E-state index in [0.29, 0.717) is 5.56 Å². The number of nitrogens with zero attached hydrogens (tertiary/aromatic N) is 4. The van der Waals surface area contributed by atoms with Gasteiger partial charge in [0, 0.05) is 33.7 Å². The predicted octanol–water partition coefficient (Wildman–Crippen LogP) is 7.15. The van der Waals surface area contributed by atoms with Crippen molar-refractivity contribution in [1.29, 1.82) is 5.26 Å². The molecule has 0 fully saturated rings. The molecule has 34 heavy (non-hydrogen) atoms. The van der Waals surface area contributed by atoms with Crippen LogP contribution in [0.2, 0.25) is 0 Å². The number of para-hydroxylation sites is 3. The molecule has 3 heterocycles. The van der Waals surface area contributed by atoms with Crippen LogP contribution < -0.4 is 0 Å². The summed E-state index contributed by atoms with van der Waals surface area (Å²) in [7, 11) is 0. The van der Waals surface area contributed by atoms with E-state index < -0.39 is 0 Å². The summed E-state index contributed by atoms with van der Waals surface area (Å²) in [4.78, 5) is 4.98. The van der Waals surface area contributed by atoms with Gasteiger partial charge in [-0.15, -0.1) is 0 Å². The van der Waals surface area contributed by atoms with E-state index in [1.54, 1.807) is 0 Å². The molecule has 4 nitrogen and oxygen atoms in total. The molecule has 0 amide bonds. The molecule has 158 valence electrons. The van der Waals surface area contributed by atoms with Gasteiger partial charge in [0.05, 0.1) is 39.2 Å². The zero-order chi connectivity index (χ0) is 22.6. The number of hydrogen-bond acceptors (Lipinski definition) is 2. The second-order valence-electron chi connectivity index (χ2n) is 8.42. The summed E-state index contributed by atoms with van der Waals surface area (Å²) in [6.07, 6.45) is 2.00. The molecule has 0 unspecified atom stereocenters. The van der Waals surface area contributed by atoms with E-state index in [1.165, 1.54) is 5.39 Å². The topological polar surface area (TPSA) is 46.5 Å². The number of nitriles is 1. The molecule has 7 aromatic rings. The molecular weight excluding hydrogens is 416 g/mol. The van der Waals surface area contributed by atoms with Gasteiger partial charge in [-0.3, -0.25) is 4.98 Å². The monoisotopic (exact) mass is 434 g/mol. The average molecular weight is 435 g/mol. The van der Waals surface area contributed by atoms with Gasteiger partial charge in [0.1, 0.15) is 0 Å². The van der Waals surface area contributed by atoms with E-state index in [1.807, 2.05) is 30.5 Å². The molecule has 4 heteroatoms. The minimum absolute atomic E-state index is 0.632. The van der Waals surface area contributed by atoms with Crippen LogP contribution >= 0.6 is 0 Å². The molecule has 0 aliphatic carbocycles. The summed E-state index contributed by atoms with van der Waals surface area (Å²) in [5.41, 5.74) is 7.98. The summed E-state index contributed by atoms with van der Waals surface area (Å²) in [6, 6.07) is 37.4. The van der Waals surface area contributed by atoms with Crippen LogP contribution in [0.5, 0.6) is 0 Å². The summed E-state index contributed by atoms with van der Waals surface area (Å²) in [5.74, 6) is 0. The Morgan fingerprint density at radius 3 is 2.03 bits per heavy atom. The maximum absolute atomic E-state index is 9.57. The maximum Gasteiger partial charge on any atom is 0.0992 e. The van der Waals surface area contributed by atoms with Crippen molar-refractivity contribution < 1.29 is 0 Å². The average Bonchev–Trinajstić information content (AvgIpc) is 3.42. The lowest BCUT2D eigenvalue weighted by atomic mass is 10.1. The van der Waals surface area contributed by atoms with Crippen LogP contribution in [-0.2, 0) is 0 Å². The Balaban J connectivity index is 1.78. The fraction of sp³-hybridized carbons (Fsp3) is 0. The van der Waals surface area contributed by atoms with E-state index in [-0.39, 0.29) is 0 Å². The van der Waals surface area contributed by atoms with Gasteiger partial charge in [0.2, 0.25) is 0 Å². The Kier molecular flexibility index (Phi) is 3.88. The number of pyridine rings is 1. The van der Waals surface area contributed by atoms with Gasteiger partial charge in [0.25, 0.3) is 0 Å². The lowest BCUT2D eigenvalue weighted by Crippen LogP contribution is -1.99. The van der Waals surface area contributed by atoms with E-state index in [4.69, 9.17) is 4.98 Å². The Labute approximate surface area is 195 Å². The first-order valence-corrected chi connectivity index (χ1v) is 11.2. The molecule has 0 N–H and O–H groups in total. The van der Waals surface area contributed by atoms with Crippen molar-refractivity contribution >= 4 is 43.7 Å². The number of rotatable bonds is 2. The van der Waals surface area contributed by atoms with Crippen molar-refractivity contribution in [1.82, 2.24) is 14.1 Å². The third-order valence-electron chi connectivity index (χ3n) is 6.56. The molecule has 7 rings (SSSR count). The molecule has 0 bridgehead atoms. The van der Waals surface area contributed by atoms with E-state index in [2.05, 4.69) is 94.1 Å². The second-order valence-corrected chi connectivity index (χ2v) is 8.42. The minimum atomic E-state index is 0.632. The van der Waals surface area contributed by atoms with Gasteiger partial charge in [-0.2, -0.15) is 5.26 Å². The van der Waals surface area contributed by atoms with Crippen LogP contribution in [-0.4, -0.2) is 14.1 Å². The molecule has 0 saturated carbocycles. The van der Waals surface area contributed by atoms with Crippen molar-refractivity contribution in [2.24, 2.45) is 0 Å². The number of aromatic nitrogens is 3. The fourth-order valence-corrected chi connectivity index (χ4v) is 5.16. The smallest absolute Gasteiger partial charge is 0.0992 e. The summed E-state index contributed by atoms with van der Waals surface area (Å²) in [6.45, 7) is 0. The highest BCUT2D eigenvalue weighted by Crippen LogP contribution is 2.40. The minimum Gasteiger partial charge on any atom is -0.307 e. The quantitative estimate of drug-likeness (QED) is 0.290. The van der Waals surface area contributed by atoms with Crippen LogP contribution in [0.15, 0.2) is 109 Å². The van der Waals surface area contributed by atoms with Gasteiger partial charge in [-0.25, -0.2) is 0 Å². The van der Waals surface area contributed by atoms with Gasteiger partial charge in [-0.05, 0) is 42.5 Å². The highest BCUT2D eigenvalue weighted by Gasteiger charge is 2.21. The summed E-state index contributed by atoms with van der Waals surface area (Å²) in [5, 5.41) is 12.9. The van der Waals surface area contributed by atoms with Crippen LogP contribution in [0.4, 0.5) is 0 Å². The predicted molar refractivity (Wildman–Crippen MR) is 138 cm³/mol. The molecule has 0 atom stereocenters. The van der Waals surface area contributed by atoms with E-state index in [9.17, 15) is 5.26 Å². The zero-order valence-electron chi connectivity index (χ0n) is 18.2. The SMILES string of the molecule is N#Cc1cccc(-n2c3ccccc3c3ncc4c5ccccc5n(-c5ccccc5)c4c32)c1. The molecule has 0 radical (unpaired) electrons.